The Kier molecular flexibility index (Phi) is 7.36. The molecule has 0 fully saturated rings. The van der Waals surface area contributed by atoms with Crippen molar-refractivity contribution < 1.29 is 24.1 Å². The number of carbonyl (C=O) groups is 1. The van der Waals surface area contributed by atoms with Gasteiger partial charge in [0.05, 0.1) is 24.8 Å². The number of aliphatic hydroxyl groups is 1. The number of hydrogen-bond acceptors (Lipinski definition) is 4. The summed E-state index contributed by atoms with van der Waals surface area (Å²) in [5.74, 6) is -0.783. The van der Waals surface area contributed by atoms with Gasteiger partial charge in [0.1, 0.15) is 17.3 Å². The fraction of sp³-hybridized carbons (Fsp3) is 0.250. The second-order valence-electron chi connectivity index (χ2n) is 8.60. The van der Waals surface area contributed by atoms with Crippen LogP contribution in [0, 0.1) is 5.82 Å². The molecule has 0 aliphatic rings. The van der Waals surface area contributed by atoms with Gasteiger partial charge in [0.25, 0.3) is 5.91 Å². The lowest BCUT2D eigenvalue weighted by molar-refractivity contribution is 0.0912. The number of halogens is 1. The van der Waals surface area contributed by atoms with Crippen molar-refractivity contribution in [2.45, 2.75) is 25.8 Å². The first-order valence-corrected chi connectivity index (χ1v) is 11.6. The zero-order valence-corrected chi connectivity index (χ0v) is 19.8. The van der Waals surface area contributed by atoms with Crippen LogP contribution in [0.15, 0.2) is 66.9 Å². The average Bonchev–Trinajstić information content (AvgIpc) is 3.16. The van der Waals surface area contributed by atoms with Gasteiger partial charge >= 0.3 is 0 Å². The smallest absolute Gasteiger partial charge is 0.255 e. The molecule has 0 spiro atoms. The molecule has 3 N–H and O–H groups in total. The summed E-state index contributed by atoms with van der Waals surface area (Å²) in [6.45, 7) is 2.16. The third kappa shape index (κ3) is 5.46. The van der Waals surface area contributed by atoms with Gasteiger partial charge < -0.3 is 24.8 Å². The monoisotopic (exact) mass is 476 g/mol. The number of phenols is 1. The fourth-order valence-corrected chi connectivity index (χ4v) is 4.24. The number of ether oxygens (including phenoxy) is 1. The number of aromatic hydroxyl groups is 1. The molecular formula is C28H29FN2O4. The van der Waals surface area contributed by atoms with Crippen LogP contribution in [0.4, 0.5) is 4.39 Å². The lowest BCUT2D eigenvalue weighted by Gasteiger charge is -2.18. The standard InChI is InChI=1S/C28H29FN2O4/c1-3-10-35-27-9-8-18(19-11-21(29)15-23(33)13-19)14-25(27)28(34)30-22(17-32)12-20-16-31(2)26-7-5-4-6-24(20)26/h4-9,11,13-16,22,32-33H,3,10,12,17H2,1-2H3,(H,30,34)/t22-/m1/s1. The summed E-state index contributed by atoms with van der Waals surface area (Å²) in [4.78, 5) is 13.3. The number of carbonyl (C=O) groups excluding carboxylic acids is 1. The Balaban J connectivity index is 1.62. The lowest BCUT2D eigenvalue weighted by atomic mass is 10.0. The van der Waals surface area contributed by atoms with E-state index in [1.807, 2.05) is 49.0 Å². The summed E-state index contributed by atoms with van der Waals surface area (Å²) in [6, 6.07) is 16.2. The molecule has 4 aromatic rings. The topological polar surface area (TPSA) is 83.7 Å². The molecule has 0 aliphatic heterocycles. The highest BCUT2D eigenvalue weighted by Gasteiger charge is 2.20. The Morgan fingerprint density at radius 3 is 2.66 bits per heavy atom. The van der Waals surface area contributed by atoms with E-state index in [-0.39, 0.29) is 17.9 Å². The van der Waals surface area contributed by atoms with Crippen molar-refractivity contribution in [3.8, 4) is 22.6 Å². The highest BCUT2D eigenvalue weighted by molar-refractivity contribution is 5.98. The van der Waals surface area contributed by atoms with Crippen LogP contribution in [0.3, 0.4) is 0 Å². The zero-order valence-electron chi connectivity index (χ0n) is 19.8. The van der Waals surface area contributed by atoms with Gasteiger partial charge in [-0.05, 0) is 59.9 Å². The van der Waals surface area contributed by atoms with E-state index < -0.39 is 17.8 Å². The van der Waals surface area contributed by atoms with Crippen LogP contribution in [0.25, 0.3) is 22.0 Å². The zero-order chi connectivity index (χ0) is 24.9. The van der Waals surface area contributed by atoms with E-state index in [0.717, 1.165) is 29.0 Å². The van der Waals surface area contributed by atoms with Crippen molar-refractivity contribution in [1.82, 2.24) is 9.88 Å². The van der Waals surface area contributed by atoms with Gasteiger partial charge in [-0.3, -0.25) is 4.79 Å². The molecule has 3 aromatic carbocycles. The quantitative estimate of drug-likeness (QED) is 0.324. The van der Waals surface area contributed by atoms with Crippen LogP contribution in [-0.2, 0) is 13.5 Å². The minimum atomic E-state index is -0.576. The van der Waals surface area contributed by atoms with E-state index in [9.17, 15) is 19.4 Å². The third-order valence-electron chi connectivity index (χ3n) is 5.90. The van der Waals surface area contributed by atoms with Crippen molar-refractivity contribution in [3.63, 3.8) is 0 Å². The van der Waals surface area contributed by atoms with Gasteiger partial charge in [-0.15, -0.1) is 0 Å². The molecule has 0 saturated carbocycles. The first kappa shape index (κ1) is 24.3. The normalized spacial score (nSPS) is 12.0. The summed E-state index contributed by atoms with van der Waals surface area (Å²) in [6.07, 6.45) is 3.22. The Labute approximate surface area is 203 Å². The number of amides is 1. The molecule has 7 heteroatoms. The van der Waals surface area contributed by atoms with E-state index in [2.05, 4.69) is 5.32 Å². The van der Waals surface area contributed by atoms with Gasteiger partial charge in [-0.1, -0.05) is 31.2 Å². The molecule has 1 atom stereocenters. The molecule has 0 unspecified atom stereocenters. The van der Waals surface area contributed by atoms with E-state index in [1.165, 1.54) is 12.1 Å². The maximum Gasteiger partial charge on any atom is 0.255 e. The molecule has 1 heterocycles. The van der Waals surface area contributed by atoms with Gasteiger partial charge in [-0.25, -0.2) is 4.39 Å². The number of phenolic OH excluding ortho intramolecular Hbond substituents is 1. The second kappa shape index (κ2) is 10.6. The Morgan fingerprint density at radius 1 is 1.11 bits per heavy atom. The number of aromatic nitrogens is 1. The predicted octanol–water partition coefficient (Wildman–Crippen LogP) is 4.81. The van der Waals surface area contributed by atoms with Crippen LogP contribution in [0.2, 0.25) is 0 Å². The van der Waals surface area contributed by atoms with Gasteiger partial charge in [0, 0.05) is 30.2 Å². The number of nitrogens with one attached hydrogen (secondary N) is 1. The van der Waals surface area contributed by atoms with E-state index in [4.69, 9.17) is 4.74 Å². The van der Waals surface area contributed by atoms with E-state index >= 15 is 0 Å². The van der Waals surface area contributed by atoms with Crippen LogP contribution in [0.5, 0.6) is 11.5 Å². The number of fused-ring (bicyclic) bond motifs is 1. The van der Waals surface area contributed by atoms with E-state index in [1.54, 1.807) is 18.2 Å². The number of rotatable bonds is 9. The fourth-order valence-electron chi connectivity index (χ4n) is 4.24. The van der Waals surface area contributed by atoms with Gasteiger partial charge in [0.15, 0.2) is 0 Å². The predicted molar refractivity (Wildman–Crippen MR) is 134 cm³/mol. The summed E-state index contributed by atoms with van der Waals surface area (Å²) < 4.78 is 21.7. The molecule has 35 heavy (non-hydrogen) atoms. The molecule has 4 rings (SSSR count). The molecule has 0 bridgehead atoms. The molecule has 0 aliphatic carbocycles. The molecule has 0 saturated heterocycles. The first-order chi connectivity index (χ1) is 16.9. The average molecular weight is 477 g/mol. The molecule has 182 valence electrons. The summed E-state index contributed by atoms with van der Waals surface area (Å²) in [5, 5.41) is 23.8. The Morgan fingerprint density at radius 2 is 1.91 bits per heavy atom. The highest BCUT2D eigenvalue weighted by Crippen LogP contribution is 2.30. The number of aryl methyl sites for hydroxylation is 1. The SMILES string of the molecule is CCCOc1ccc(-c2cc(O)cc(F)c2)cc1C(=O)N[C@@H](CO)Cc1cn(C)c2ccccc12. The number of para-hydroxylation sites is 1. The summed E-state index contributed by atoms with van der Waals surface area (Å²) >= 11 is 0. The van der Waals surface area contributed by atoms with Gasteiger partial charge in [0.2, 0.25) is 0 Å². The molecule has 1 aromatic heterocycles. The maximum absolute atomic E-state index is 13.9. The van der Waals surface area contributed by atoms with Crippen LogP contribution in [0.1, 0.15) is 29.3 Å². The van der Waals surface area contributed by atoms with E-state index in [0.29, 0.717) is 29.9 Å². The number of aliphatic hydroxyl groups excluding tert-OH is 1. The number of benzene rings is 3. The van der Waals surface area contributed by atoms with Crippen molar-refractivity contribution in [3.05, 3.63) is 83.8 Å². The summed E-state index contributed by atoms with van der Waals surface area (Å²) in [7, 11) is 1.96. The molecule has 6 nitrogen and oxygen atoms in total. The summed E-state index contributed by atoms with van der Waals surface area (Å²) in [5.41, 5.74) is 3.37. The third-order valence-corrected chi connectivity index (χ3v) is 5.90. The van der Waals surface area contributed by atoms with Gasteiger partial charge in [-0.2, -0.15) is 0 Å². The largest absolute Gasteiger partial charge is 0.508 e. The van der Waals surface area contributed by atoms with Crippen LogP contribution < -0.4 is 10.1 Å². The van der Waals surface area contributed by atoms with Crippen molar-refractivity contribution >= 4 is 16.8 Å². The van der Waals surface area contributed by atoms with Crippen molar-refractivity contribution in [1.29, 1.82) is 0 Å². The van der Waals surface area contributed by atoms with Crippen molar-refractivity contribution in [2.24, 2.45) is 7.05 Å². The Bertz CT molecular complexity index is 1330. The number of nitrogens with zero attached hydrogens (tertiary/aromatic N) is 1. The highest BCUT2D eigenvalue weighted by atomic mass is 19.1. The maximum atomic E-state index is 13.9. The molecule has 0 radical (unpaired) electrons. The molecular weight excluding hydrogens is 447 g/mol. The first-order valence-electron chi connectivity index (χ1n) is 11.6. The van der Waals surface area contributed by atoms with Crippen LogP contribution >= 0.6 is 0 Å². The lowest BCUT2D eigenvalue weighted by Crippen LogP contribution is -2.39. The minimum Gasteiger partial charge on any atom is -0.508 e. The Hall–Kier alpha value is -3.84. The van der Waals surface area contributed by atoms with Crippen LogP contribution in [-0.4, -0.2) is 39.9 Å². The molecule has 1 amide bonds. The number of hydrogen-bond donors (Lipinski definition) is 3. The second-order valence-corrected chi connectivity index (χ2v) is 8.60. The minimum absolute atomic E-state index is 0.201. The van der Waals surface area contributed by atoms with Crippen molar-refractivity contribution in [2.75, 3.05) is 13.2 Å².